The highest BCUT2D eigenvalue weighted by Gasteiger charge is 2.19. The van der Waals surface area contributed by atoms with E-state index in [1.807, 2.05) is 18.3 Å². The second kappa shape index (κ2) is 3.78. The van der Waals surface area contributed by atoms with Gasteiger partial charge in [-0.25, -0.2) is 0 Å². The minimum absolute atomic E-state index is 0.715. The molecule has 0 bridgehead atoms. The molecule has 0 atom stereocenters. The average Bonchev–Trinajstić information content (AvgIpc) is 2.83. The molecule has 0 aliphatic heterocycles. The standard InChI is InChI=1S/C14H16N2/c15-13-8-7-11(10-4-1-2-5-10)12-6-3-9-16-14(12)13/h3,6-10H,1-2,4-5,15H2. The quantitative estimate of drug-likeness (QED) is 0.735. The highest BCUT2D eigenvalue weighted by Crippen LogP contribution is 2.38. The first-order chi connectivity index (χ1) is 7.86. The first-order valence-electron chi connectivity index (χ1n) is 5.99. The lowest BCUT2D eigenvalue weighted by Gasteiger charge is -2.13. The fourth-order valence-corrected chi connectivity index (χ4v) is 2.81. The molecule has 3 rings (SSSR count). The van der Waals surface area contributed by atoms with Crippen LogP contribution in [0.2, 0.25) is 0 Å². The molecule has 0 saturated heterocycles. The largest absolute Gasteiger partial charge is 0.397 e. The molecule has 2 heteroatoms. The van der Waals surface area contributed by atoms with Crippen molar-refractivity contribution in [2.75, 3.05) is 5.73 Å². The van der Waals surface area contributed by atoms with Crippen molar-refractivity contribution in [2.45, 2.75) is 31.6 Å². The number of benzene rings is 1. The highest BCUT2D eigenvalue weighted by atomic mass is 14.7. The molecule has 16 heavy (non-hydrogen) atoms. The van der Waals surface area contributed by atoms with Gasteiger partial charge in [0.05, 0.1) is 11.2 Å². The second-order valence-electron chi connectivity index (χ2n) is 4.62. The molecular weight excluding hydrogens is 196 g/mol. The number of nitrogen functional groups attached to an aromatic ring is 1. The van der Waals surface area contributed by atoms with Gasteiger partial charge in [0.15, 0.2) is 0 Å². The Morgan fingerprint density at radius 1 is 1.12 bits per heavy atom. The van der Waals surface area contributed by atoms with Gasteiger partial charge in [-0.2, -0.15) is 0 Å². The summed E-state index contributed by atoms with van der Waals surface area (Å²) in [6.45, 7) is 0. The minimum atomic E-state index is 0.715. The van der Waals surface area contributed by atoms with Gasteiger partial charge >= 0.3 is 0 Å². The number of pyridine rings is 1. The lowest BCUT2D eigenvalue weighted by Crippen LogP contribution is -1.97. The van der Waals surface area contributed by atoms with Gasteiger partial charge in [-0.1, -0.05) is 25.0 Å². The molecule has 2 nitrogen and oxygen atoms in total. The summed E-state index contributed by atoms with van der Waals surface area (Å²) in [5.74, 6) is 0.715. The van der Waals surface area contributed by atoms with Gasteiger partial charge in [-0.3, -0.25) is 4.98 Å². The van der Waals surface area contributed by atoms with E-state index in [2.05, 4.69) is 17.1 Å². The first kappa shape index (κ1) is 9.64. The van der Waals surface area contributed by atoms with Gasteiger partial charge in [0.1, 0.15) is 0 Å². The summed E-state index contributed by atoms with van der Waals surface area (Å²) in [6.07, 6.45) is 7.16. The van der Waals surface area contributed by atoms with Gasteiger partial charge < -0.3 is 5.73 Å². The fraction of sp³-hybridized carbons (Fsp3) is 0.357. The Kier molecular flexibility index (Phi) is 2.28. The summed E-state index contributed by atoms with van der Waals surface area (Å²) >= 11 is 0. The summed E-state index contributed by atoms with van der Waals surface area (Å²) in [4.78, 5) is 4.39. The average molecular weight is 212 g/mol. The number of anilines is 1. The van der Waals surface area contributed by atoms with Gasteiger partial charge in [0, 0.05) is 11.6 Å². The molecule has 2 N–H and O–H groups in total. The molecule has 1 aromatic heterocycles. The van der Waals surface area contributed by atoms with Crippen molar-refractivity contribution in [3.05, 3.63) is 36.0 Å². The Labute approximate surface area is 95.5 Å². The van der Waals surface area contributed by atoms with Gasteiger partial charge in [0.25, 0.3) is 0 Å². The van der Waals surface area contributed by atoms with E-state index in [0.29, 0.717) is 5.92 Å². The van der Waals surface area contributed by atoms with Gasteiger partial charge in [-0.05, 0) is 36.5 Å². The molecule has 2 aromatic rings. The molecule has 0 spiro atoms. The Morgan fingerprint density at radius 3 is 2.75 bits per heavy atom. The van der Waals surface area contributed by atoms with Crippen molar-refractivity contribution in [1.29, 1.82) is 0 Å². The van der Waals surface area contributed by atoms with Crippen LogP contribution in [-0.2, 0) is 0 Å². The van der Waals surface area contributed by atoms with E-state index in [1.54, 1.807) is 0 Å². The molecule has 82 valence electrons. The predicted octanol–water partition coefficient (Wildman–Crippen LogP) is 3.47. The topological polar surface area (TPSA) is 38.9 Å². The number of rotatable bonds is 1. The summed E-state index contributed by atoms with van der Waals surface area (Å²) in [5.41, 5.74) is 9.15. The molecule has 1 aliphatic rings. The number of hydrogen-bond donors (Lipinski definition) is 1. The van der Waals surface area contributed by atoms with Crippen LogP contribution in [0.5, 0.6) is 0 Å². The zero-order valence-corrected chi connectivity index (χ0v) is 9.32. The number of nitrogens with zero attached hydrogens (tertiary/aromatic N) is 1. The lowest BCUT2D eigenvalue weighted by molar-refractivity contribution is 0.729. The van der Waals surface area contributed by atoms with Gasteiger partial charge in [-0.15, -0.1) is 0 Å². The first-order valence-corrected chi connectivity index (χ1v) is 5.99. The van der Waals surface area contributed by atoms with E-state index < -0.39 is 0 Å². The zero-order valence-electron chi connectivity index (χ0n) is 9.32. The predicted molar refractivity (Wildman–Crippen MR) is 67.4 cm³/mol. The molecule has 0 amide bonds. The maximum absolute atomic E-state index is 5.96. The molecule has 1 saturated carbocycles. The van der Waals surface area contributed by atoms with Crippen molar-refractivity contribution in [3.63, 3.8) is 0 Å². The van der Waals surface area contributed by atoms with Crippen LogP contribution in [0.1, 0.15) is 37.2 Å². The molecule has 1 aliphatic carbocycles. The van der Waals surface area contributed by atoms with Crippen molar-refractivity contribution < 1.29 is 0 Å². The van der Waals surface area contributed by atoms with E-state index in [0.717, 1.165) is 11.2 Å². The van der Waals surface area contributed by atoms with E-state index in [4.69, 9.17) is 5.73 Å². The maximum Gasteiger partial charge on any atom is 0.0933 e. The Bertz CT molecular complexity index is 513. The van der Waals surface area contributed by atoms with Gasteiger partial charge in [0.2, 0.25) is 0 Å². The number of fused-ring (bicyclic) bond motifs is 1. The normalized spacial score (nSPS) is 17.0. The SMILES string of the molecule is Nc1ccc(C2CCCC2)c2cccnc12. The highest BCUT2D eigenvalue weighted by molar-refractivity contribution is 5.92. The van der Waals surface area contributed by atoms with Crippen LogP contribution in [0.4, 0.5) is 5.69 Å². The lowest BCUT2D eigenvalue weighted by atomic mass is 9.93. The smallest absolute Gasteiger partial charge is 0.0933 e. The molecule has 1 aromatic carbocycles. The van der Waals surface area contributed by atoms with Crippen LogP contribution in [0, 0.1) is 0 Å². The fourth-order valence-electron chi connectivity index (χ4n) is 2.81. The maximum atomic E-state index is 5.96. The van der Waals surface area contributed by atoms with E-state index >= 15 is 0 Å². The number of hydrogen-bond acceptors (Lipinski definition) is 2. The van der Waals surface area contributed by atoms with Crippen LogP contribution in [0.15, 0.2) is 30.5 Å². The third-order valence-corrected chi connectivity index (χ3v) is 3.63. The van der Waals surface area contributed by atoms with Crippen LogP contribution in [-0.4, -0.2) is 4.98 Å². The summed E-state index contributed by atoms with van der Waals surface area (Å²) in [7, 11) is 0. The Hall–Kier alpha value is -1.57. The molecule has 1 heterocycles. The van der Waals surface area contributed by atoms with E-state index in [-0.39, 0.29) is 0 Å². The van der Waals surface area contributed by atoms with Crippen LogP contribution in [0.3, 0.4) is 0 Å². The zero-order chi connectivity index (χ0) is 11.0. The summed E-state index contributed by atoms with van der Waals surface area (Å²) in [5, 5.41) is 1.24. The van der Waals surface area contributed by atoms with E-state index in [9.17, 15) is 0 Å². The third-order valence-electron chi connectivity index (χ3n) is 3.63. The van der Waals surface area contributed by atoms with Crippen molar-refractivity contribution in [1.82, 2.24) is 4.98 Å². The van der Waals surface area contributed by atoms with Crippen molar-refractivity contribution >= 4 is 16.6 Å². The molecule has 0 radical (unpaired) electrons. The molecule has 0 unspecified atom stereocenters. The second-order valence-corrected chi connectivity index (χ2v) is 4.62. The summed E-state index contributed by atoms with van der Waals surface area (Å²) < 4.78 is 0. The van der Waals surface area contributed by atoms with Crippen LogP contribution < -0.4 is 5.73 Å². The Morgan fingerprint density at radius 2 is 1.94 bits per heavy atom. The monoisotopic (exact) mass is 212 g/mol. The van der Waals surface area contributed by atoms with E-state index in [1.165, 1.54) is 36.6 Å². The summed E-state index contributed by atoms with van der Waals surface area (Å²) in [6, 6.07) is 8.34. The molecular formula is C14H16N2. The molecule has 1 fully saturated rings. The van der Waals surface area contributed by atoms with Crippen LogP contribution in [0.25, 0.3) is 10.9 Å². The van der Waals surface area contributed by atoms with Crippen LogP contribution >= 0.6 is 0 Å². The number of nitrogens with two attached hydrogens (primary N) is 1. The minimum Gasteiger partial charge on any atom is -0.397 e. The third kappa shape index (κ3) is 1.45. The Balaban J connectivity index is 2.21. The number of aromatic nitrogens is 1. The van der Waals surface area contributed by atoms with Crippen molar-refractivity contribution in [2.24, 2.45) is 0 Å². The van der Waals surface area contributed by atoms with Crippen molar-refractivity contribution in [3.8, 4) is 0 Å².